The van der Waals surface area contributed by atoms with Crippen LogP contribution >= 0.6 is 22.6 Å². The highest BCUT2D eigenvalue weighted by Gasteiger charge is 2.03. The molecule has 0 radical (unpaired) electrons. The number of hydrogen-bond acceptors (Lipinski definition) is 4. The predicted molar refractivity (Wildman–Crippen MR) is 103 cm³/mol. The Bertz CT molecular complexity index is 760. The van der Waals surface area contributed by atoms with E-state index in [2.05, 4.69) is 33.1 Å². The van der Waals surface area contributed by atoms with Crippen molar-refractivity contribution in [3.63, 3.8) is 0 Å². The number of carbonyl (C=O) groups excluding carboxylic acids is 1. The minimum absolute atomic E-state index is 0.0833. The molecule has 2 rings (SSSR count). The van der Waals surface area contributed by atoms with Crippen LogP contribution in [0.1, 0.15) is 16.7 Å². The summed E-state index contributed by atoms with van der Waals surface area (Å²) >= 11 is 2.18. The van der Waals surface area contributed by atoms with E-state index in [0.717, 1.165) is 20.4 Å². The molecule has 1 N–H and O–H groups in total. The quantitative estimate of drug-likeness (QED) is 0.427. The molecule has 6 heteroatoms. The summed E-state index contributed by atoms with van der Waals surface area (Å²) in [5.74, 6) is 1.16. The monoisotopic (exact) mass is 438 g/mol. The summed E-state index contributed by atoms with van der Waals surface area (Å²) in [6.07, 6.45) is 1.58. The fraction of sp³-hybridized carbons (Fsp3) is 0.222. The molecule has 0 saturated heterocycles. The van der Waals surface area contributed by atoms with Gasteiger partial charge in [-0.2, -0.15) is 5.10 Å². The second-order valence-corrected chi connectivity index (χ2v) is 6.38. The topological polar surface area (TPSA) is 59.9 Å². The van der Waals surface area contributed by atoms with Crippen molar-refractivity contribution in [3.8, 4) is 11.5 Å². The average molecular weight is 438 g/mol. The summed E-state index contributed by atoms with van der Waals surface area (Å²) in [7, 11) is 1.63. The molecule has 0 bridgehead atoms. The molecule has 126 valence electrons. The van der Waals surface area contributed by atoms with Crippen LogP contribution in [0.2, 0.25) is 0 Å². The van der Waals surface area contributed by atoms with Gasteiger partial charge in [0.25, 0.3) is 5.91 Å². The summed E-state index contributed by atoms with van der Waals surface area (Å²) in [4.78, 5) is 11.8. The first-order chi connectivity index (χ1) is 11.5. The van der Waals surface area contributed by atoms with E-state index in [9.17, 15) is 4.79 Å². The Balaban J connectivity index is 1.84. The van der Waals surface area contributed by atoms with E-state index in [-0.39, 0.29) is 12.5 Å². The number of methoxy groups -OCH3 is 1. The molecule has 0 aliphatic heterocycles. The van der Waals surface area contributed by atoms with Crippen LogP contribution in [-0.2, 0) is 4.79 Å². The highest BCUT2D eigenvalue weighted by molar-refractivity contribution is 14.1. The maximum Gasteiger partial charge on any atom is 0.277 e. The normalized spacial score (nSPS) is 10.7. The van der Waals surface area contributed by atoms with Crippen molar-refractivity contribution >= 4 is 34.7 Å². The van der Waals surface area contributed by atoms with Crippen LogP contribution in [0, 0.1) is 17.4 Å². The highest BCUT2D eigenvalue weighted by atomic mass is 127. The number of halogens is 1. The smallest absolute Gasteiger partial charge is 0.277 e. The zero-order valence-electron chi connectivity index (χ0n) is 13.8. The molecule has 0 atom stereocenters. The van der Waals surface area contributed by atoms with Crippen LogP contribution < -0.4 is 14.9 Å². The summed E-state index contributed by atoms with van der Waals surface area (Å²) in [6.45, 7) is 3.95. The second kappa shape index (κ2) is 8.68. The molecule has 5 nitrogen and oxygen atoms in total. The van der Waals surface area contributed by atoms with E-state index in [1.54, 1.807) is 13.3 Å². The lowest BCUT2D eigenvalue weighted by Gasteiger charge is -2.07. The lowest BCUT2D eigenvalue weighted by atomic mass is 10.1. The Morgan fingerprint density at radius 2 is 2.00 bits per heavy atom. The first kappa shape index (κ1) is 18.3. The molecule has 0 aromatic heterocycles. The molecule has 24 heavy (non-hydrogen) atoms. The van der Waals surface area contributed by atoms with E-state index >= 15 is 0 Å². The highest BCUT2D eigenvalue weighted by Crippen LogP contribution is 2.20. The van der Waals surface area contributed by atoms with Crippen LogP contribution in [0.4, 0.5) is 0 Å². The molecule has 2 aromatic carbocycles. The first-order valence-corrected chi connectivity index (χ1v) is 8.43. The molecule has 2 aromatic rings. The van der Waals surface area contributed by atoms with E-state index in [1.807, 2.05) is 50.2 Å². The number of rotatable bonds is 6. The minimum atomic E-state index is -0.312. The van der Waals surface area contributed by atoms with Crippen LogP contribution in [0.25, 0.3) is 0 Å². The Hall–Kier alpha value is -2.09. The second-order valence-electron chi connectivity index (χ2n) is 5.22. The third kappa shape index (κ3) is 5.23. The lowest BCUT2D eigenvalue weighted by Crippen LogP contribution is -2.24. The number of nitrogens with one attached hydrogen (secondary N) is 1. The molecule has 0 aliphatic carbocycles. The number of amides is 1. The molecule has 0 unspecified atom stereocenters. The number of benzene rings is 2. The van der Waals surface area contributed by atoms with Crippen LogP contribution in [-0.4, -0.2) is 25.8 Å². The number of carbonyl (C=O) groups is 1. The Kier molecular flexibility index (Phi) is 6.60. The van der Waals surface area contributed by atoms with Crippen molar-refractivity contribution in [2.75, 3.05) is 13.7 Å². The maximum atomic E-state index is 11.8. The van der Waals surface area contributed by atoms with Gasteiger partial charge >= 0.3 is 0 Å². The fourth-order valence-corrected chi connectivity index (χ4v) is 2.69. The van der Waals surface area contributed by atoms with Gasteiger partial charge in [0.15, 0.2) is 6.61 Å². The first-order valence-electron chi connectivity index (χ1n) is 7.35. The lowest BCUT2D eigenvalue weighted by molar-refractivity contribution is -0.123. The van der Waals surface area contributed by atoms with Gasteiger partial charge in [-0.3, -0.25) is 4.79 Å². The van der Waals surface area contributed by atoms with Crippen LogP contribution in [0.3, 0.4) is 0 Å². The molecule has 0 heterocycles. The average Bonchev–Trinajstić information content (AvgIpc) is 2.56. The number of hydrazone groups is 1. The number of hydrogen-bond donors (Lipinski definition) is 1. The van der Waals surface area contributed by atoms with Gasteiger partial charge in [-0.05, 0) is 83.5 Å². The van der Waals surface area contributed by atoms with Crippen molar-refractivity contribution in [1.82, 2.24) is 5.43 Å². The van der Waals surface area contributed by atoms with Crippen molar-refractivity contribution < 1.29 is 14.3 Å². The molecular formula is C18H19IN2O3. The Labute approximate surface area is 155 Å². The largest absolute Gasteiger partial charge is 0.496 e. The summed E-state index contributed by atoms with van der Waals surface area (Å²) in [6, 6.07) is 11.4. The van der Waals surface area contributed by atoms with Gasteiger partial charge in [-0.15, -0.1) is 0 Å². The summed E-state index contributed by atoms with van der Waals surface area (Å²) in [5.41, 5.74) is 5.63. The van der Waals surface area contributed by atoms with E-state index < -0.39 is 0 Å². The number of ether oxygens (including phenoxy) is 2. The number of aryl methyl sites for hydroxylation is 2. The summed E-state index contributed by atoms with van der Waals surface area (Å²) in [5, 5.41) is 3.93. The van der Waals surface area contributed by atoms with Gasteiger partial charge in [-0.25, -0.2) is 5.43 Å². The van der Waals surface area contributed by atoms with Gasteiger partial charge < -0.3 is 9.47 Å². The fourth-order valence-electron chi connectivity index (χ4n) is 1.93. The van der Waals surface area contributed by atoms with Crippen molar-refractivity contribution in [2.24, 2.45) is 5.10 Å². The maximum absolute atomic E-state index is 11.8. The van der Waals surface area contributed by atoms with Crippen LogP contribution in [0.15, 0.2) is 41.5 Å². The van der Waals surface area contributed by atoms with Crippen molar-refractivity contribution in [2.45, 2.75) is 13.8 Å². The van der Waals surface area contributed by atoms with Gasteiger partial charge in [0.05, 0.1) is 16.9 Å². The standard InChI is InChI=1S/C18H19IN2O3/c1-12-4-6-15(8-13(12)2)24-11-18(22)21-20-10-14-5-7-17(23-3)16(19)9-14/h4-10H,11H2,1-3H3,(H,21,22)/b20-10+. The molecule has 1 amide bonds. The molecule has 0 fully saturated rings. The van der Waals surface area contributed by atoms with Gasteiger partial charge in [0.1, 0.15) is 11.5 Å². The van der Waals surface area contributed by atoms with Crippen LogP contribution in [0.5, 0.6) is 11.5 Å². The Morgan fingerprint density at radius 3 is 2.67 bits per heavy atom. The molecule has 0 spiro atoms. The third-order valence-electron chi connectivity index (χ3n) is 3.43. The van der Waals surface area contributed by atoms with E-state index in [1.165, 1.54) is 5.56 Å². The SMILES string of the molecule is COc1ccc(/C=N/NC(=O)COc2ccc(C)c(C)c2)cc1I. The third-order valence-corrected chi connectivity index (χ3v) is 4.27. The van der Waals surface area contributed by atoms with Crippen molar-refractivity contribution in [1.29, 1.82) is 0 Å². The molecular weight excluding hydrogens is 419 g/mol. The molecule has 0 saturated carbocycles. The summed E-state index contributed by atoms with van der Waals surface area (Å²) < 4.78 is 11.6. The van der Waals surface area contributed by atoms with Crippen molar-refractivity contribution in [3.05, 3.63) is 56.7 Å². The zero-order chi connectivity index (χ0) is 17.5. The van der Waals surface area contributed by atoms with Gasteiger partial charge in [-0.1, -0.05) is 6.07 Å². The molecule has 0 aliphatic rings. The van der Waals surface area contributed by atoms with E-state index in [4.69, 9.17) is 9.47 Å². The van der Waals surface area contributed by atoms with Gasteiger partial charge in [0, 0.05) is 0 Å². The number of nitrogens with zero attached hydrogens (tertiary/aromatic N) is 1. The predicted octanol–water partition coefficient (Wildman–Crippen LogP) is 3.45. The van der Waals surface area contributed by atoms with E-state index in [0.29, 0.717) is 5.75 Å². The Morgan fingerprint density at radius 1 is 1.21 bits per heavy atom. The van der Waals surface area contributed by atoms with Gasteiger partial charge in [0.2, 0.25) is 0 Å². The minimum Gasteiger partial charge on any atom is -0.496 e. The zero-order valence-corrected chi connectivity index (χ0v) is 16.0.